The van der Waals surface area contributed by atoms with Crippen LogP contribution in [-0.2, 0) is 0 Å². The zero-order chi connectivity index (χ0) is 13.8. The highest BCUT2D eigenvalue weighted by molar-refractivity contribution is 5.85. The van der Waals surface area contributed by atoms with Crippen LogP contribution in [0.15, 0.2) is 73.1 Å². The van der Waals surface area contributed by atoms with Gasteiger partial charge in [0.25, 0.3) is 0 Å². The first-order valence-electron chi connectivity index (χ1n) is 6.45. The molecule has 1 aromatic heterocycles. The Labute approximate surface area is 142 Å². The fraction of sp³-hybridized carbons (Fsp3) is 0. The molecule has 3 rings (SSSR count). The fourth-order valence-electron chi connectivity index (χ4n) is 2.05. The standard InChI is InChI=1S/C17H15N3.2ClH/c18-16-12-19-11-10-17(16)20-15-8-6-14(7-9-15)13-4-2-1-3-5-13;;/h1-12H,18H2,(H,19,20);2*1H. The predicted octanol–water partition coefficient (Wildman–Crippen LogP) is 4.92. The van der Waals surface area contributed by atoms with Crippen LogP contribution >= 0.6 is 24.8 Å². The molecule has 0 saturated carbocycles. The van der Waals surface area contributed by atoms with Gasteiger partial charge in [-0.1, -0.05) is 42.5 Å². The second-order valence-corrected chi connectivity index (χ2v) is 4.53. The third-order valence-electron chi connectivity index (χ3n) is 3.12. The van der Waals surface area contributed by atoms with E-state index in [4.69, 9.17) is 5.73 Å². The summed E-state index contributed by atoms with van der Waals surface area (Å²) in [6.07, 6.45) is 3.36. The van der Waals surface area contributed by atoms with E-state index >= 15 is 0 Å². The minimum absolute atomic E-state index is 0. The number of aromatic nitrogens is 1. The first kappa shape index (κ1) is 17.8. The third-order valence-corrected chi connectivity index (χ3v) is 3.12. The van der Waals surface area contributed by atoms with Crippen molar-refractivity contribution >= 4 is 41.9 Å². The average molecular weight is 334 g/mol. The summed E-state index contributed by atoms with van der Waals surface area (Å²) in [4.78, 5) is 3.98. The molecule has 0 amide bonds. The Hall–Kier alpha value is -2.23. The Bertz CT molecular complexity index is 701. The van der Waals surface area contributed by atoms with Gasteiger partial charge < -0.3 is 11.1 Å². The molecule has 5 heteroatoms. The predicted molar refractivity (Wildman–Crippen MR) is 98.3 cm³/mol. The number of rotatable bonds is 3. The van der Waals surface area contributed by atoms with Crippen LogP contribution in [0.2, 0.25) is 0 Å². The summed E-state index contributed by atoms with van der Waals surface area (Å²) >= 11 is 0. The van der Waals surface area contributed by atoms with Gasteiger partial charge in [0.1, 0.15) is 0 Å². The second kappa shape index (κ2) is 8.27. The maximum absolute atomic E-state index is 5.86. The number of halogens is 2. The van der Waals surface area contributed by atoms with Crippen molar-refractivity contribution < 1.29 is 0 Å². The van der Waals surface area contributed by atoms with Crippen LogP contribution in [-0.4, -0.2) is 4.98 Å². The maximum atomic E-state index is 5.86. The molecule has 0 unspecified atom stereocenters. The molecule has 0 aliphatic heterocycles. The average Bonchev–Trinajstić information content (AvgIpc) is 2.51. The first-order chi connectivity index (χ1) is 9.83. The Morgan fingerprint density at radius 3 is 2.05 bits per heavy atom. The molecule has 114 valence electrons. The summed E-state index contributed by atoms with van der Waals surface area (Å²) < 4.78 is 0. The molecule has 22 heavy (non-hydrogen) atoms. The van der Waals surface area contributed by atoms with Crippen molar-refractivity contribution in [3.05, 3.63) is 73.1 Å². The Morgan fingerprint density at radius 2 is 1.41 bits per heavy atom. The quantitative estimate of drug-likeness (QED) is 0.715. The van der Waals surface area contributed by atoms with E-state index in [-0.39, 0.29) is 24.8 Å². The molecule has 0 atom stereocenters. The Balaban J connectivity index is 0.00000121. The summed E-state index contributed by atoms with van der Waals surface area (Å²) in [6.45, 7) is 0. The number of hydrogen-bond acceptors (Lipinski definition) is 3. The molecular formula is C17H17Cl2N3. The van der Waals surface area contributed by atoms with E-state index in [0.29, 0.717) is 5.69 Å². The monoisotopic (exact) mass is 333 g/mol. The van der Waals surface area contributed by atoms with Crippen LogP contribution in [0, 0.1) is 0 Å². The zero-order valence-corrected chi connectivity index (χ0v) is 13.4. The van der Waals surface area contributed by atoms with Crippen molar-refractivity contribution in [2.45, 2.75) is 0 Å². The van der Waals surface area contributed by atoms with E-state index in [1.54, 1.807) is 12.4 Å². The van der Waals surface area contributed by atoms with E-state index < -0.39 is 0 Å². The van der Waals surface area contributed by atoms with Crippen LogP contribution < -0.4 is 11.1 Å². The highest BCUT2D eigenvalue weighted by Crippen LogP contribution is 2.25. The van der Waals surface area contributed by atoms with Gasteiger partial charge in [-0.15, -0.1) is 24.8 Å². The van der Waals surface area contributed by atoms with Crippen molar-refractivity contribution in [2.75, 3.05) is 11.1 Å². The minimum atomic E-state index is 0. The van der Waals surface area contributed by atoms with Gasteiger partial charge in [0, 0.05) is 11.9 Å². The molecule has 3 nitrogen and oxygen atoms in total. The Kier molecular flexibility index (Phi) is 6.70. The topological polar surface area (TPSA) is 50.9 Å². The Morgan fingerprint density at radius 1 is 0.773 bits per heavy atom. The largest absolute Gasteiger partial charge is 0.396 e. The van der Waals surface area contributed by atoms with Crippen molar-refractivity contribution in [1.82, 2.24) is 4.98 Å². The molecule has 0 radical (unpaired) electrons. The molecule has 3 aromatic rings. The lowest BCUT2D eigenvalue weighted by Gasteiger charge is -2.09. The number of nitrogens with two attached hydrogens (primary N) is 1. The van der Waals surface area contributed by atoms with Crippen LogP contribution in [0.1, 0.15) is 0 Å². The molecule has 2 aromatic carbocycles. The van der Waals surface area contributed by atoms with Crippen LogP contribution in [0.5, 0.6) is 0 Å². The normalized spacial score (nSPS) is 9.27. The van der Waals surface area contributed by atoms with Gasteiger partial charge in [0.15, 0.2) is 0 Å². The smallest absolute Gasteiger partial charge is 0.0739 e. The lowest BCUT2D eigenvalue weighted by atomic mass is 10.1. The van der Waals surface area contributed by atoms with E-state index in [9.17, 15) is 0 Å². The lowest BCUT2D eigenvalue weighted by Crippen LogP contribution is -1.96. The third kappa shape index (κ3) is 4.13. The SMILES string of the molecule is Cl.Cl.Nc1cnccc1Nc1ccc(-c2ccccc2)cc1. The second-order valence-electron chi connectivity index (χ2n) is 4.53. The molecular weight excluding hydrogens is 317 g/mol. The number of benzene rings is 2. The van der Waals surface area contributed by atoms with Gasteiger partial charge in [0.05, 0.1) is 17.6 Å². The summed E-state index contributed by atoms with van der Waals surface area (Å²) in [5.74, 6) is 0. The molecule has 0 bridgehead atoms. The molecule has 0 saturated heterocycles. The number of nitrogens with zero attached hydrogens (tertiary/aromatic N) is 1. The molecule has 0 fully saturated rings. The minimum Gasteiger partial charge on any atom is -0.396 e. The first-order valence-corrected chi connectivity index (χ1v) is 6.45. The van der Waals surface area contributed by atoms with Crippen LogP contribution in [0.4, 0.5) is 17.1 Å². The van der Waals surface area contributed by atoms with Crippen molar-refractivity contribution in [2.24, 2.45) is 0 Å². The number of nitrogen functional groups attached to an aromatic ring is 1. The van der Waals surface area contributed by atoms with E-state index in [1.807, 2.05) is 36.4 Å². The lowest BCUT2D eigenvalue weighted by molar-refractivity contribution is 1.33. The summed E-state index contributed by atoms with van der Waals surface area (Å²) in [7, 11) is 0. The van der Waals surface area contributed by atoms with Crippen LogP contribution in [0.25, 0.3) is 11.1 Å². The van der Waals surface area contributed by atoms with Gasteiger partial charge in [0.2, 0.25) is 0 Å². The van der Waals surface area contributed by atoms with Gasteiger partial charge in [-0.2, -0.15) is 0 Å². The number of nitrogens with one attached hydrogen (secondary N) is 1. The van der Waals surface area contributed by atoms with Crippen molar-refractivity contribution in [3.8, 4) is 11.1 Å². The van der Waals surface area contributed by atoms with Gasteiger partial charge in [-0.3, -0.25) is 4.98 Å². The van der Waals surface area contributed by atoms with E-state index in [2.05, 4.69) is 34.6 Å². The van der Waals surface area contributed by atoms with Gasteiger partial charge >= 0.3 is 0 Å². The maximum Gasteiger partial charge on any atom is 0.0739 e. The summed E-state index contributed by atoms with van der Waals surface area (Å²) in [5, 5.41) is 3.29. The highest BCUT2D eigenvalue weighted by Gasteiger charge is 2.00. The fourth-order valence-corrected chi connectivity index (χ4v) is 2.05. The van der Waals surface area contributed by atoms with E-state index in [1.165, 1.54) is 11.1 Å². The van der Waals surface area contributed by atoms with E-state index in [0.717, 1.165) is 11.4 Å². The van der Waals surface area contributed by atoms with Crippen molar-refractivity contribution in [3.63, 3.8) is 0 Å². The van der Waals surface area contributed by atoms with Gasteiger partial charge in [-0.05, 0) is 29.3 Å². The molecule has 0 aliphatic rings. The summed E-state index contributed by atoms with van der Waals surface area (Å²) in [6, 6.07) is 20.4. The van der Waals surface area contributed by atoms with Crippen molar-refractivity contribution in [1.29, 1.82) is 0 Å². The van der Waals surface area contributed by atoms with Crippen LogP contribution in [0.3, 0.4) is 0 Å². The zero-order valence-electron chi connectivity index (χ0n) is 11.8. The highest BCUT2D eigenvalue weighted by atomic mass is 35.5. The number of pyridine rings is 1. The number of hydrogen-bond donors (Lipinski definition) is 2. The molecule has 1 heterocycles. The molecule has 3 N–H and O–H groups in total. The molecule has 0 spiro atoms. The summed E-state index contributed by atoms with van der Waals surface area (Å²) in [5.41, 5.74) is 10.8. The number of anilines is 3. The van der Waals surface area contributed by atoms with Gasteiger partial charge in [-0.25, -0.2) is 0 Å². The molecule has 0 aliphatic carbocycles.